The standard InChI is InChI=1S/C8H9NO2.Li/c9-8(10)11-6-7-4-2-1-3-5-7;/h1-5H,6H2,(H2,9,10);/q;+1/p-1. The molecule has 0 radical (unpaired) electrons. The van der Waals surface area contributed by atoms with Crippen molar-refractivity contribution < 1.29 is 28.4 Å². The van der Waals surface area contributed by atoms with Gasteiger partial charge in [0.05, 0.1) is 0 Å². The van der Waals surface area contributed by atoms with Crippen molar-refractivity contribution in [3.05, 3.63) is 41.6 Å². The van der Waals surface area contributed by atoms with Gasteiger partial charge in [0.1, 0.15) is 6.61 Å². The van der Waals surface area contributed by atoms with Crippen molar-refractivity contribution in [2.45, 2.75) is 6.61 Å². The van der Waals surface area contributed by atoms with Crippen LogP contribution in [0, 0.1) is 0 Å². The summed E-state index contributed by atoms with van der Waals surface area (Å²) in [5, 5.41) is 0. The van der Waals surface area contributed by atoms with Crippen LogP contribution in [-0.4, -0.2) is 6.09 Å². The Hall–Kier alpha value is -0.913. The summed E-state index contributed by atoms with van der Waals surface area (Å²) in [6.45, 7) is 0.184. The number of carbonyl (C=O) groups excluding carboxylic acids is 1. The van der Waals surface area contributed by atoms with E-state index in [9.17, 15) is 4.79 Å². The van der Waals surface area contributed by atoms with E-state index >= 15 is 0 Å². The minimum Gasteiger partial charge on any atom is -0.632 e. The molecule has 1 N–H and O–H groups in total. The van der Waals surface area contributed by atoms with Crippen molar-refractivity contribution in [3.8, 4) is 0 Å². The molecule has 0 aliphatic heterocycles. The number of benzene rings is 1. The third-order valence-corrected chi connectivity index (χ3v) is 1.21. The molecule has 1 rings (SSSR count). The maximum absolute atomic E-state index is 10.1. The Labute approximate surface area is 83.1 Å². The zero-order valence-electron chi connectivity index (χ0n) is 6.91. The zero-order valence-corrected chi connectivity index (χ0v) is 6.91. The first-order valence-electron chi connectivity index (χ1n) is 3.21. The summed E-state index contributed by atoms with van der Waals surface area (Å²) in [7, 11) is 0. The van der Waals surface area contributed by atoms with Crippen LogP contribution < -0.4 is 18.9 Å². The van der Waals surface area contributed by atoms with Gasteiger partial charge in [-0.25, -0.2) is 0 Å². The number of hydrogen-bond donors (Lipinski definition) is 0. The number of hydrogen-bond acceptors (Lipinski definition) is 2. The summed E-state index contributed by atoms with van der Waals surface area (Å²) in [5.41, 5.74) is 7.36. The molecule has 58 valence electrons. The molecule has 3 nitrogen and oxygen atoms in total. The summed E-state index contributed by atoms with van der Waals surface area (Å²) in [6.07, 6.45) is -0.992. The second-order valence-electron chi connectivity index (χ2n) is 2.06. The van der Waals surface area contributed by atoms with Crippen LogP contribution in [-0.2, 0) is 11.3 Å². The first-order valence-corrected chi connectivity index (χ1v) is 3.21. The van der Waals surface area contributed by atoms with Crippen LogP contribution in [0.5, 0.6) is 0 Å². The number of ether oxygens (including phenoxy) is 1. The van der Waals surface area contributed by atoms with Crippen LogP contribution in [0.4, 0.5) is 4.79 Å². The van der Waals surface area contributed by atoms with Crippen molar-refractivity contribution in [2.75, 3.05) is 0 Å². The second kappa shape index (κ2) is 5.70. The first-order chi connectivity index (χ1) is 5.29. The normalized spacial score (nSPS) is 8.33. The topological polar surface area (TPSA) is 50.1 Å². The van der Waals surface area contributed by atoms with Crippen LogP contribution in [0.2, 0.25) is 0 Å². The molecule has 0 saturated carbocycles. The van der Waals surface area contributed by atoms with Crippen molar-refractivity contribution >= 4 is 6.09 Å². The molecule has 1 amide bonds. The Morgan fingerprint density at radius 1 is 1.33 bits per heavy atom. The average Bonchev–Trinajstić information content (AvgIpc) is 2.03. The van der Waals surface area contributed by atoms with Crippen LogP contribution in [0.25, 0.3) is 5.73 Å². The Bertz CT molecular complexity index is 238. The van der Waals surface area contributed by atoms with E-state index in [0.717, 1.165) is 5.56 Å². The fourth-order valence-electron chi connectivity index (χ4n) is 0.723. The second-order valence-corrected chi connectivity index (χ2v) is 2.06. The smallest absolute Gasteiger partial charge is 0.632 e. The summed E-state index contributed by atoms with van der Waals surface area (Å²) < 4.78 is 4.46. The number of carbonyl (C=O) groups is 1. The fourth-order valence-corrected chi connectivity index (χ4v) is 0.723. The predicted molar refractivity (Wildman–Crippen MR) is 40.9 cm³/mol. The Morgan fingerprint density at radius 3 is 2.42 bits per heavy atom. The maximum atomic E-state index is 10.1. The number of amides is 1. The molecule has 0 bridgehead atoms. The van der Waals surface area contributed by atoms with Crippen LogP contribution >= 0.6 is 0 Å². The van der Waals surface area contributed by atoms with Crippen LogP contribution in [0.3, 0.4) is 0 Å². The molecule has 0 spiro atoms. The van der Waals surface area contributed by atoms with Gasteiger partial charge in [-0.2, -0.15) is 0 Å². The Morgan fingerprint density at radius 2 is 1.92 bits per heavy atom. The summed E-state index contributed by atoms with van der Waals surface area (Å²) in [4.78, 5) is 10.1. The van der Waals surface area contributed by atoms with Crippen LogP contribution in [0.1, 0.15) is 5.56 Å². The summed E-state index contributed by atoms with van der Waals surface area (Å²) in [6, 6.07) is 9.26. The van der Waals surface area contributed by atoms with E-state index in [1.165, 1.54) is 0 Å². The third-order valence-electron chi connectivity index (χ3n) is 1.21. The van der Waals surface area contributed by atoms with Crippen LogP contribution in [0.15, 0.2) is 30.3 Å². The maximum Gasteiger partial charge on any atom is 1.00 e. The predicted octanol–water partition coefficient (Wildman–Crippen LogP) is -0.621. The van der Waals surface area contributed by atoms with Gasteiger partial charge in [0.15, 0.2) is 0 Å². The molecule has 0 saturated heterocycles. The van der Waals surface area contributed by atoms with Gasteiger partial charge in [-0.05, 0) is 5.56 Å². The van der Waals surface area contributed by atoms with Gasteiger partial charge in [-0.1, -0.05) is 30.3 Å². The zero-order chi connectivity index (χ0) is 8.10. The van der Waals surface area contributed by atoms with Gasteiger partial charge in [0, 0.05) is 0 Å². The fraction of sp³-hybridized carbons (Fsp3) is 0.125. The van der Waals surface area contributed by atoms with Crippen molar-refractivity contribution in [1.29, 1.82) is 0 Å². The van der Waals surface area contributed by atoms with Gasteiger partial charge in [0.25, 0.3) is 0 Å². The molecule has 4 heteroatoms. The minimum atomic E-state index is -0.992. The molecule has 12 heavy (non-hydrogen) atoms. The minimum absolute atomic E-state index is 0. The van der Waals surface area contributed by atoms with Crippen molar-refractivity contribution in [2.24, 2.45) is 0 Å². The SMILES string of the molecule is [Li+].[NH-]C(=O)OCc1ccccc1. The monoisotopic (exact) mass is 157 g/mol. The number of rotatable bonds is 2. The van der Waals surface area contributed by atoms with Gasteiger partial charge in [-0.15, -0.1) is 0 Å². The molecule has 0 aliphatic carbocycles. The van der Waals surface area contributed by atoms with Gasteiger partial charge >= 0.3 is 18.9 Å². The molecule has 0 aliphatic rings. The van der Waals surface area contributed by atoms with Crippen molar-refractivity contribution in [3.63, 3.8) is 0 Å². The van der Waals surface area contributed by atoms with E-state index in [1.54, 1.807) is 0 Å². The molecular formula is C8H8LiNO2. The molecule has 1 aromatic rings. The molecular weight excluding hydrogens is 149 g/mol. The van der Waals surface area contributed by atoms with Crippen molar-refractivity contribution in [1.82, 2.24) is 0 Å². The van der Waals surface area contributed by atoms with E-state index < -0.39 is 6.09 Å². The van der Waals surface area contributed by atoms with Gasteiger partial charge in [0.2, 0.25) is 6.09 Å². The quantitative estimate of drug-likeness (QED) is 0.537. The average molecular weight is 157 g/mol. The van der Waals surface area contributed by atoms with Gasteiger partial charge < -0.3 is 10.5 Å². The van der Waals surface area contributed by atoms with Gasteiger partial charge in [-0.3, -0.25) is 4.79 Å². The molecule has 0 fully saturated rings. The summed E-state index contributed by atoms with van der Waals surface area (Å²) in [5.74, 6) is 0. The first kappa shape index (κ1) is 11.1. The van der Waals surface area contributed by atoms with E-state index in [-0.39, 0.29) is 25.5 Å². The molecule has 0 aromatic heterocycles. The Kier molecular flexibility index (Phi) is 5.27. The van der Waals surface area contributed by atoms with E-state index in [0.29, 0.717) is 0 Å². The largest absolute Gasteiger partial charge is 1.00 e. The third kappa shape index (κ3) is 4.07. The molecule has 0 heterocycles. The molecule has 1 aromatic carbocycles. The Balaban J connectivity index is 0.00000121. The number of nitrogens with one attached hydrogen (secondary N) is 1. The van der Waals surface area contributed by atoms with E-state index in [1.807, 2.05) is 30.3 Å². The molecule has 0 unspecified atom stereocenters. The summed E-state index contributed by atoms with van der Waals surface area (Å²) >= 11 is 0. The molecule has 0 atom stereocenters. The van der Waals surface area contributed by atoms with E-state index in [4.69, 9.17) is 5.73 Å². The van der Waals surface area contributed by atoms with E-state index in [2.05, 4.69) is 4.74 Å².